The van der Waals surface area contributed by atoms with Crippen LogP contribution in [0.15, 0.2) is 81.5 Å². The first kappa shape index (κ1) is 20.0. The molecule has 5 rings (SSSR count). The number of thioether (sulfide) groups is 1. The first-order valence-electron chi connectivity index (χ1n) is 10.6. The Bertz CT molecular complexity index is 1110. The molecule has 0 fully saturated rings. The summed E-state index contributed by atoms with van der Waals surface area (Å²) in [6, 6.07) is 16.9. The third-order valence-corrected chi connectivity index (χ3v) is 6.91. The van der Waals surface area contributed by atoms with Crippen molar-refractivity contribution >= 4 is 23.0 Å². The van der Waals surface area contributed by atoms with Crippen molar-refractivity contribution in [2.24, 2.45) is 4.99 Å². The highest BCUT2D eigenvalue weighted by atomic mass is 32.2. The Morgan fingerprint density at radius 2 is 1.65 bits per heavy atom. The Labute approximate surface area is 188 Å². The smallest absolute Gasteiger partial charge is 0.173 e. The van der Waals surface area contributed by atoms with E-state index >= 15 is 0 Å². The van der Waals surface area contributed by atoms with E-state index in [1.54, 1.807) is 26.0 Å². The predicted octanol–water partition coefficient (Wildman–Crippen LogP) is 6.55. The summed E-state index contributed by atoms with van der Waals surface area (Å²) in [6.45, 7) is 2.16. The van der Waals surface area contributed by atoms with Crippen LogP contribution in [0.1, 0.15) is 43.4 Å². The summed E-state index contributed by atoms with van der Waals surface area (Å²) >= 11 is 1.76. The number of rotatable bonds is 4. The number of aliphatic imine (C=N–C) groups is 1. The molecule has 0 saturated heterocycles. The number of amidine groups is 1. The lowest BCUT2D eigenvalue weighted by molar-refractivity contribution is 0.412. The van der Waals surface area contributed by atoms with Crippen LogP contribution in [0.4, 0.5) is 0 Å². The van der Waals surface area contributed by atoms with Gasteiger partial charge in [-0.2, -0.15) is 0 Å². The molecule has 2 aromatic carbocycles. The molecule has 158 valence electrons. The predicted molar refractivity (Wildman–Crippen MR) is 128 cm³/mol. The van der Waals surface area contributed by atoms with Gasteiger partial charge in [-0.1, -0.05) is 36.0 Å². The Hall–Kier alpha value is -2.92. The van der Waals surface area contributed by atoms with Crippen molar-refractivity contribution < 1.29 is 9.47 Å². The van der Waals surface area contributed by atoms with Gasteiger partial charge in [0, 0.05) is 11.1 Å². The highest BCUT2D eigenvalue weighted by Crippen LogP contribution is 2.48. The van der Waals surface area contributed by atoms with Gasteiger partial charge in [-0.05, 0) is 78.8 Å². The third-order valence-electron chi connectivity index (χ3n) is 6.00. The summed E-state index contributed by atoms with van der Waals surface area (Å²) in [4.78, 5) is 8.77. The van der Waals surface area contributed by atoms with Crippen LogP contribution < -0.4 is 9.47 Å². The summed E-state index contributed by atoms with van der Waals surface area (Å²) in [7, 11) is 3.41. The van der Waals surface area contributed by atoms with Crippen molar-refractivity contribution in [2.45, 2.75) is 32.2 Å². The fourth-order valence-electron chi connectivity index (χ4n) is 4.52. The Morgan fingerprint density at radius 1 is 0.968 bits per heavy atom. The van der Waals surface area contributed by atoms with Crippen LogP contribution in [0.2, 0.25) is 0 Å². The van der Waals surface area contributed by atoms with Crippen molar-refractivity contribution in [1.82, 2.24) is 4.90 Å². The zero-order valence-electron chi connectivity index (χ0n) is 18.1. The molecule has 3 aliphatic rings. The minimum absolute atomic E-state index is 0.179. The van der Waals surface area contributed by atoms with Gasteiger partial charge >= 0.3 is 0 Å². The zero-order chi connectivity index (χ0) is 21.4. The summed E-state index contributed by atoms with van der Waals surface area (Å²) in [5, 5.41) is 1.07. The second-order valence-corrected chi connectivity index (χ2v) is 9.20. The molecule has 2 heterocycles. The van der Waals surface area contributed by atoms with E-state index in [9.17, 15) is 0 Å². The minimum Gasteiger partial charge on any atom is -0.497 e. The molecule has 2 aromatic rings. The monoisotopic (exact) mass is 430 g/mol. The van der Waals surface area contributed by atoms with Crippen molar-refractivity contribution in [3.05, 3.63) is 87.6 Å². The number of fused-ring (bicyclic) bond motifs is 1. The van der Waals surface area contributed by atoms with Gasteiger partial charge in [0.2, 0.25) is 0 Å². The van der Waals surface area contributed by atoms with Crippen LogP contribution in [0.3, 0.4) is 0 Å². The van der Waals surface area contributed by atoms with Gasteiger partial charge in [0.15, 0.2) is 5.17 Å². The first-order chi connectivity index (χ1) is 15.2. The van der Waals surface area contributed by atoms with Crippen LogP contribution >= 0.6 is 11.8 Å². The molecular formula is C26H26N2O2S. The van der Waals surface area contributed by atoms with Gasteiger partial charge in [0.25, 0.3) is 0 Å². The molecule has 0 spiro atoms. The molecule has 1 unspecified atom stereocenters. The molecule has 0 bridgehead atoms. The van der Waals surface area contributed by atoms with Crippen molar-refractivity contribution in [3.8, 4) is 11.5 Å². The second-order valence-electron chi connectivity index (χ2n) is 7.99. The lowest BCUT2D eigenvalue weighted by Crippen LogP contribution is -2.32. The maximum absolute atomic E-state index is 5.38. The third kappa shape index (κ3) is 3.79. The molecule has 0 aromatic heterocycles. The lowest BCUT2D eigenvalue weighted by atomic mass is 9.83. The van der Waals surface area contributed by atoms with Crippen molar-refractivity contribution in [2.75, 3.05) is 14.2 Å². The molecule has 31 heavy (non-hydrogen) atoms. The molecule has 1 atom stereocenters. The van der Waals surface area contributed by atoms with Gasteiger partial charge in [-0.25, -0.2) is 4.99 Å². The van der Waals surface area contributed by atoms with E-state index in [0.717, 1.165) is 35.9 Å². The van der Waals surface area contributed by atoms with Crippen molar-refractivity contribution in [3.63, 3.8) is 0 Å². The molecule has 0 amide bonds. The minimum atomic E-state index is 0.179. The van der Waals surface area contributed by atoms with Gasteiger partial charge in [0.1, 0.15) is 11.5 Å². The van der Waals surface area contributed by atoms with Crippen LogP contribution in [0.25, 0.3) is 6.08 Å². The highest BCUT2D eigenvalue weighted by molar-refractivity contribution is 8.17. The number of allylic oxidation sites excluding steroid dienone is 2. The van der Waals surface area contributed by atoms with E-state index in [1.165, 1.54) is 32.9 Å². The number of hydrogen-bond donors (Lipinski definition) is 0. The summed E-state index contributed by atoms with van der Waals surface area (Å²) in [5.41, 5.74) is 6.36. The Balaban J connectivity index is 1.59. The van der Waals surface area contributed by atoms with E-state index in [4.69, 9.17) is 14.5 Å². The average Bonchev–Trinajstić information content (AvgIpc) is 3.18. The molecule has 0 radical (unpaired) electrons. The fourth-order valence-corrected chi connectivity index (χ4v) is 5.37. The van der Waals surface area contributed by atoms with E-state index < -0.39 is 0 Å². The molecule has 1 aliphatic carbocycles. The lowest BCUT2D eigenvalue weighted by Gasteiger charge is -2.37. The number of nitrogens with zero attached hydrogens (tertiary/aromatic N) is 2. The quantitative estimate of drug-likeness (QED) is 0.551. The van der Waals surface area contributed by atoms with E-state index in [1.807, 2.05) is 12.1 Å². The van der Waals surface area contributed by atoms with Crippen molar-refractivity contribution in [1.29, 1.82) is 0 Å². The van der Waals surface area contributed by atoms with Crippen LogP contribution in [-0.2, 0) is 0 Å². The molecule has 2 aliphatic heterocycles. The molecule has 0 saturated carbocycles. The number of methoxy groups -OCH3 is 2. The topological polar surface area (TPSA) is 34.1 Å². The molecular weight excluding hydrogens is 404 g/mol. The molecule has 4 nitrogen and oxygen atoms in total. The maximum atomic E-state index is 5.38. The second kappa shape index (κ2) is 8.31. The molecule has 5 heteroatoms. The number of hydrogen-bond acceptors (Lipinski definition) is 5. The van der Waals surface area contributed by atoms with E-state index in [2.05, 4.69) is 60.5 Å². The maximum Gasteiger partial charge on any atom is 0.173 e. The van der Waals surface area contributed by atoms with Gasteiger partial charge in [0.05, 0.1) is 26.0 Å². The van der Waals surface area contributed by atoms with E-state index in [-0.39, 0.29) is 6.04 Å². The fraction of sp³-hybridized carbons (Fsp3) is 0.269. The van der Waals surface area contributed by atoms with Crippen LogP contribution in [0.5, 0.6) is 11.5 Å². The Kier molecular flexibility index (Phi) is 5.36. The van der Waals surface area contributed by atoms with Gasteiger partial charge in [-0.3, -0.25) is 0 Å². The van der Waals surface area contributed by atoms with Crippen LogP contribution in [0, 0.1) is 0 Å². The highest BCUT2D eigenvalue weighted by Gasteiger charge is 2.37. The average molecular weight is 431 g/mol. The van der Waals surface area contributed by atoms with Gasteiger partial charge < -0.3 is 14.4 Å². The summed E-state index contributed by atoms with van der Waals surface area (Å²) < 4.78 is 10.7. The summed E-state index contributed by atoms with van der Waals surface area (Å²) in [6.07, 6.45) is 7.79. The van der Waals surface area contributed by atoms with E-state index in [0.29, 0.717) is 0 Å². The number of ether oxygens (including phenoxy) is 2. The first-order valence-corrected chi connectivity index (χ1v) is 11.4. The normalized spacial score (nSPS) is 21.5. The SMILES string of the molecule is COc1ccc(/C=C2\CCCC3=C2N=C2SC(C)=CN2C3c2ccc(OC)cc2)cc1. The van der Waals surface area contributed by atoms with Crippen LogP contribution in [-0.4, -0.2) is 24.3 Å². The zero-order valence-corrected chi connectivity index (χ0v) is 18.9. The Morgan fingerprint density at radius 3 is 2.32 bits per heavy atom. The number of benzene rings is 2. The standard InChI is InChI=1S/C26H26N2O2S/c1-17-16-28-25(19-9-13-22(30-3)14-10-19)23-6-4-5-20(24(23)27-26(28)31-17)15-18-7-11-21(29-2)12-8-18/h7-16,25H,4-6H2,1-3H3/b20-15+. The molecule has 0 N–H and O–H groups in total. The largest absolute Gasteiger partial charge is 0.497 e. The summed E-state index contributed by atoms with van der Waals surface area (Å²) in [5.74, 6) is 1.76. The van der Waals surface area contributed by atoms with Gasteiger partial charge in [-0.15, -0.1) is 0 Å².